The smallest absolute Gasteiger partial charge is 0.00179 e. The Kier molecular flexibility index (Phi) is 8.31. The van der Waals surface area contributed by atoms with Crippen LogP contribution in [0.1, 0.15) is 86.5 Å². The van der Waals surface area contributed by atoms with Crippen molar-refractivity contribution in [3.63, 3.8) is 0 Å². The molecule has 0 bridgehead atoms. The zero-order valence-electron chi connectivity index (χ0n) is 15.7. The lowest BCUT2D eigenvalue weighted by atomic mass is 9.64. The minimum Gasteiger partial charge on any atom is -0.316 e. The lowest BCUT2D eigenvalue weighted by molar-refractivity contribution is 0.0906. The second kappa shape index (κ2) is 9.18. The normalized spacial score (nSPS) is 27.3. The first kappa shape index (κ1) is 19.0. The van der Waals surface area contributed by atoms with E-state index in [2.05, 4.69) is 46.9 Å². The van der Waals surface area contributed by atoms with E-state index in [0.717, 1.165) is 23.7 Å². The van der Waals surface area contributed by atoms with Crippen LogP contribution in [-0.4, -0.2) is 13.1 Å². The van der Waals surface area contributed by atoms with Gasteiger partial charge in [-0.1, -0.05) is 60.8 Å². The van der Waals surface area contributed by atoms with Crippen molar-refractivity contribution < 1.29 is 0 Å². The van der Waals surface area contributed by atoms with Crippen molar-refractivity contribution in [3.8, 4) is 0 Å². The summed E-state index contributed by atoms with van der Waals surface area (Å²) in [6.45, 7) is 16.8. The largest absolute Gasteiger partial charge is 0.316 e. The molecule has 0 aromatic heterocycles. The molecule has 21 heavy (non-hydrogen) atoms. The van der Waals surface area contributed by atoms with Gasteiger partial charge in [-0.15, -0.1) is 0 Å². The van der Waals surface area contributed by atoms with Gasteiger partial charge in [0.2, 0.25) is 0 Å². The molecular weight excluding hydrogens is 254 g/mol. The van der Waals surface area contributed by atoms with Gasteiger partial charge in [0.1, 0.15) is 0 Å². The summed E-state index contributed by atoms with van der Waals surface area (Å²) >= 11 is 0. The second-order valence-electron chi connectivity index (χ2n) is 8.93. The zero-order valence-corrected chi connectivity index (χ0v) is 15.7. The molecule has 126 valence electrons. The van der Waals surface area contributed by atoms with Crippen LogP contribution >= 0.6 is 0 Å². The van der Waals surface area contributed by atoms with E-state index in [-0.39, 0.29) is 0 Å². The zero-order chi connectivity index (χ0) is 15.9. The van der Waals surface area contributed by atoms with Gasteiger partial charge in [-0.2, -0.15) is 0 Å². The van der Waals surface area contributed by atoms with Crippen molar-refractivity contribution in [2.45, 2.75) is 86.5 Å². The van der Waals surface area contributed by atoms with Crippen LogP contribution in [0.2, 0.25) is 0 Å². The molecule has 0 saturated heterocycles. The monoisotopic (exact) mass is 295 g/mol. The summed E-state index contributed by atoms with van der Waals surface area (Å²) in [5.41, 5.74) is 0.498. The van der Waals surface area contributed by atoms with Crippen LogP contribution in [0.3, 0.4) is 0 Å². The van der Waals surface area contributed by atoms with Crippen LogP contribution < -0.4 is 5.32 Å². The van der Waals surface area contributed by atoms with Crippen molar-refractivity contribution in [3.05, 3.63) is 0 Å². The molecule has 0 amide bonds. The maximum atomic E-state index is 3.69. The Bertz CT molecular complexity index is 264. The second-order valence-corrected chi connectivity index (χ2v) is 8.93. The van der Waals surface area contributed by atoms with Crippen LogP contribution in [0.15, 0.2) is 0 Å². The number of hydrogen-bond acceptors (Lipinski definition) is 1. The topological polar surface area (TPSA) is 12.0 Å². The molecule has 3 unspecified atom stereocenters. The first-order chi connectivity index (χ1) is 9.84. The molecule has 1 aliphatic carbocycles. The quantitative estimate of drug-likeness (QED) is 0.550. The number of rotatable bonds is 8. The first-order valence-corrected chi connectivity index (χ1v) is 9.55. The van der Waals surface area contributed by atoms with Gasteiger partial charge in [0.15, 0.2) is 0 Å². The Balaban J connectivity index is 2.52. The van der Waals surface area contributed by atoms with Crippen LogP contribution in [-0.2, 0) is 0 Å². The van der Waals surface area contributed by atoms with Gasteiger partial charge in [0, 0.05) is 0 Å². The fourth-order valence-corrected chi connectivity index (χ4v) is 3.99. The maximum Gasteiger partial charge on any atom is -0.00179 e. The molecule has 1 heteroatoms. The summed E-state index contributed by atoms with van der Waals surface area (Å²) in [6.07, 6.45) is 9.93. The average Bonchev–Trinajstić information content (AvgIpc) is 2.38. The SMILES string of the molecule is CCCNCC1CCC(C(C)(C)C)CC1CCCC(C)C. The van der Waals surface area contributed by atoms with Gasteiger partial charge in [-0.05, 0) is 67.9 Å². The van der Waals surface area contributed by atoms with Crippen LogP contribution in [0.25, 0.3) is 0 Å². The molecular formula is C20H41N. The highest BCUT2D eigenvalue weighted by atomic mass is 14.9. The van der Waals surface area contributed by atoms with E-state index in [9.17, 15) is 0 Å². The molecule has 0 radical (unpaired) electrons. The number of hydrogen-bond donors (Lipinski definition) is 1. The summed E-state index contributed by atoms with van der Waals surface area (Å²) in [5.74, 6) is 3.70. The van der Waals surface area contributed by atoms with Crippen LogP contribution in [0.4, 0.5) is 0 Å². The van der Waals surface area contributed by atoms with E-state index < -0.39 is 0 Å². The third-order valence-electron chi connectivity index (χ3n) is 5.55. The Morgan fingerprint density at radius 1 is 1.10 bits per heavy atom. The Labute approximate surface area is 134 Å². The van der Waals surface area contributed by atoms with E-state index in [1.165, 1.54) is 58.0 Å². The molecule has 1 aliphatic rings. The van der Waals surface area contributed by atoms with Gasteiger partial charge < -0.3 is 5.32 Å². The fourth-order valence-electron chi connectivity index (χ4n) is 3.99. The van der Waals surface area contributed by atoms with Crippen molar-refractivity contribution in [2.75, 3.05) is 13.1 Å². The molecule has 0 heterocycles. The maximum absolute atomic E-state index is 3.69. The van der Waals surface area contributed by atoms with Crippen LogP contribution in [0.5, 0.6) is 0 Å². The van der Waals surface area contributed by atoms with Gasteiger partial charge in [0.25, 0.3) is 0 Å². The van der Waals surface area contributed by atoms with E-state index in [0.29, 0.717) is 5.41 Å². The Morgan fingerprint density at radius 3 is 2.38 bits per heavy atom. The molecule has 1 nitrogen and oxygen atoms in total. The van der Waals surface area contributed by atoms with Crippen LogP contribution in [0, 0.1) is 29.1 Å². The van der Waals surface area contributed by atoms with Gasteiger partial charge in [0.05, 0.1) is 0 Å². The molecule has 1 fully saturated rings. The van der Waals surface area contributed by atoms with Gasteiger partial charge >= 0.3 is 0 Å². The highest BCUT2D eigenvalue weighted by Gasteiger charge is 2.35. The van der Waals surface area contributed by atoms with Crippen molar-refractivity contribution >= 4 is 0 Å². The van der Waals surface area contributed by atoms with Gasteiger partial charge in [-0.25, -0.2) is 0 Å². The summed E-state index contributed by atoms with van der Waals surface area (Å²) in [6, 6.07) is 0. The van der Waals surface area contributed by atoms with E-state index in [4.69, 9.17) is 0 Å². The molecule has 0 aromatic carbocycles. The third-order valence-corrected chi connectivity index (χ3v) is 5.55. The molecule has 3 atom stereocenters. The standard InChI is InChI=1S/C20H41N/c1-7-13-21-15-18-11-12-19(20(4,5)6)14-17(18)10-8-9-16(2)3/h16-19,21H,7-15H2,1-6H3. The van der Waals surface area contributed by atoms with E-state index in [1.807, 2.05) is 0 Å². The predicted octanol–water partition coefficient (Wildman–Crippen LogP) is 5.89. The number of nitrogens with one attached hydrogen (secondary N) is 1. The van der Waals surface area contributed by atoms with Crippen molar-refractivity contribution in [1.82, 2.24) is 5.32 Å². The molecule has 0 aliphatic heterocycles. The summed E-state index contributed by atoms with van der Waals surface area (Å²) in [5, 5.41) is 3.69. The lowest BCUT2D eigenvalue weighted by Crippen LogP contribution is -2.37. The Hall–Kier alpha value is -0.0400. The Morgan fingerprint density at radius 2 is 1.81 bits per heavy atom. The minimum absolute atomic E-state index is 0.498. The average molecular weight is 296 g/mol. The highest BCUT2D eigenvalue weighted by Crippen LogP contribution is 2.44. The van der Waals surface area contributed by atoms with Gasteiger partial charge in [-0.3, -0.25) is 0 Å². The summed E-state index contributed by atoms with van der Waals surface area (Å²) in [4.78, 5) is 0. The summed E-state index contributed by atoms with van der Waals surface area (Å²) < 4.78 is 0. The van der Waals surface area contributed by atoms with Crippen molar-refractivity contribution in [1.29, 1.82) is 0 Å². The lowest BCUT2D eigenvalue weighted by Gasteiger charge is -2.42. The predicted molar refractivity (Wildman–Crippen MR) is 95.6 cm³/mol. The minimum atomic E-state index is 0.498. The van der Waals surface area contributed by atoms with Crippen molar-refractivity contribution in [2.24, 2.45) is 29.1 Å². The molecule has 1 rings (SSSR count). The molecule has 0 aromatic rings. The van der Waals surface area contributed by atoms with E-state index in [1.54, 1.807) is 0 Å². The molecule has 1 saturated carbocycles. The highest BCUT2D eigenvalue weighted by molar-refractivity contribution is 4.86. The molecule has 0 spiro atoms. The summed E-state index contributed by atoms with van der Waals surface area (Å²) in [7, 11) is 0. The fraction of sp³-hybridized carbons (Fsp3) is 1.00. The molecule has 1 N–H and O–H groups in total. The van der Waals surface area contributed by atoms with E-state index >= 15 is 0 Å². The third kappa shape index (κ3) is 7.17. The first-order valence-electron chi connectivity index (χ1n) is 9.55.